The summed E-state index contributed by atoms with van der Waals surface area (Å²) in [7, 11) is 0. The van der Waals surface area contributed by atoms with Crippen LogP contribution in [0.4, 0.5) is 0 Å². The molecule has 1 saturated carbocycles. The second kappa shape index (κ2) is 4.85. The number of halogens is 1. The normalized spacial score (nSPS) is 20.1. The van der Waals surface area contributed by atoms with Crippen molar-refractivity contribution in [3.05, 3.63) is 24.2 Å². The first-order valence-electron chi connectivity index (χ1n) is 5.11. The molecule has 1 heterocycles. The van der Waals surface area contributed by atoms with Gasteiger partial charge in [0.1, 0.15) is 5.76 Å². The maximum Gasteiger partial charge on any atom is 0.111 e. The van der Waals surface area contributed by atoms with Gasteiger partial charge in [-0.3, -0.25) is 0 Å². The first-order chi connectivity index (χ1) is 6.37. The van der Waals surface area contributed by atoms with E-state index in [1.807, 2.05) is 6.07 Å². The Hall–Kier alpha value is -0.470. The summed E-state index contributed by atoms with van der Waals surface area (Å²) in [4.78, 5) is 0. The van der Waals surface area contributed by atoms with Crippen molar-refractivity contribution in [2.24, 2.45) is 5.73 Å². The van der Waals surface area contributed by atoms with E-state index in [1.54, 1.807) is 6.26 Å². The number of furan rings is 1. The summed E-state index contributed by atoms with van der Waals surface area (Å²) in [6.45, 7) is 0.723. The molecule has 0 bridgehead atoms. The van der Waals surface area contributed by atoms with Gasteiger partial charge in [-0.1, -0.05) is 19.3 Å². The summed E-state index contributed by atoms with van der Waals surface area (Å²) in [5.74, 6) is 1.09. The molecular weight excluding hydrogens is 198 g/mol. The van der Waals surface area contributed by atoms with Gasteiger partial charge in [-0.15, -0.1) is 12.4 Å². The van der Waals surface area contributed by atoms with Crippen LogP contribution in [0.2, 0.25) is 0 Å². The zero-order valence-corrected chi connectivity index (χ0v) is 9.19. The third-order valence-corrected chi connectivity index (χ3v) is 3.25. The van der Waals surface area contributed by atoms with Gasteiger partial charge >= 0.3 is 0 Å². The molecule has 0 aliphatic heterocycles. The Morgan fingerprint density at radius 1 is 1.29 bits per heavy atom. The highest BCUT2D eigenvalue weighted by Gasteiger charge is 2.34. The molecular formula is C11H18ClNO. The molecule has 0 spiro atoms. The van der Waals surface area contributed by atoms with Crippen molar-refractivity contribution >= 4 is 12.4 Å². The second-order valence-electron chi connectivity index (χ2n) is 4.02. The van der Waals surface area contributed by atoms with E-state index in [1.165, 1.54) is 32.1 Å². The Kier molecular flexibility index (Phi) is 4.02. The molecule has 2 rings (SSSR count). The minimum absolute atomic E-state index is 0. The summed E-state index contributed by atoms with van der Waals surface area (Å²) in [5, 5.41) is 0. The van der Waals surface area contributed by atoms with Crippen LogP contribution in [0.15, 0.2) is 22.8 Å². The predicted molar refractivity (Wildman–Crippen MR) is 59.8 cm³/mol. The average molecular weight is 216 g/mol. The van der Waals surface area contributed by atoms with Crippen molar-refractivity contribution in [3.8, 4) is 0 Å². The first-order valence-corrected chi connectivity index (χ1v) is 5.11. The van der Waals surface area contributed by atoms with Gasteiger partial charge in [0.05, 0.1) is 6.26 Å². The van der Waals surface area contributed by atoms with Gasteiger partial charge < -0.3 is 10.2 Å². The van der Waals surface area contributed by atoms with E-state index in [9.17, 15) is 0 Å². The molecule has 1 aliphatic carbocycles. The average Bonchev–Trinajstić information content (AvgIpc) is 2.72. The van der Waals surface area contributed by atoms with Crippen molar-refractivity contribution in [2.75, 3.05) is 6.54 Å². The number of hydrogen-bond acceptors (Lipinski definition) is 2. The van der Waals surface area contributed by atoms with Gasteiger partial charge in [-0.25, -0.2) is 0 Å². The van der Waals surface area contributed by atoms with E-state index in [-0.39, 0.29) is 17.8 Å². The van der Waals surface area contributed by atoms with Gasteiger partial charge in [-0.05, 0) is 25.0 Å². The molecule has 1 aliphatic rings. The fourth-order valence-corrected chi connectivity index (χ4v) is 2.36. The van der Waals surface area contributed by atoms with Crippen LogP contribution < -0.4 is 5.73 Å². The van der Waals surface area contributed by atoms with E-state index >= 15 is 0 Å². The number of nitrogens with two attached hydrogens (primary N) is 1. The molecule has 0 amide bonds. The zero-order valence-electron chi connectivity index (χ0n) is 8.37. The molecule has 0 aromatic carbocycles. The lowest BCUT2D eigenvalue weighted by Crippen LogP contribution is -2.36. The third kappa shape index (κ3) is 1.96. The minimum Gasteiger partial charge on any atom is -0.469 e. The molecule has 0 radical (unpaired) electrons. The first kappa shape index (κ1) is 11.6. The van der Waals surface area contributed by atoms with E-state index in [0.29, 0.717) is 0 Å². The van der Waals surface area contributed by atoms with Crippen molar-refractivity contribution in [3.63, 3.8) is 0 Å². The minimum atomic E-state index is 0. The lowest BCUT2D eigenvalue weighted by atomic mass is 9.72. The van der Waals surface area contributed by atoms with Gasteiger partial charge in [0.15, 0.2) is 0 Å². The second-order valence-corrected chi connectivity index (χ2v) is 4.02. The molecule has 2 nitrogen and oxygen atoms in total. The van der Waals surface area contributed by atoms with Crippen molar-refractivity contribution in [1.29, 1.82) is 0 Å². The van der Waals surface area contributed by atoms with Gasteiger partial charge in [-0.2, -0.15) is 0 Å². The van der Waals surface area contributed by atoms with Crippen molar-refractivity contribution in [2.45, 2.75) is 37.5 Å². The Labute approximate surface area is 91.3 Å². The molecule has 0 unspecified atom stereocenters. The van der Waals surface area contributed by atoms with E-state index in [4.69, 9.17) is 10.2 Å². The highest BCUT2D eigenvalue weighted by molar-refractivity contribution is 5.85. The molecule has 0 saturated heterocycles. The van der Waals surface area contributed by atoms with Crippen LogP contribution in [0.25, 0.3) is 0 Å². The smallest absolute Gasteiger partial charge is 0.111 e. The maximum absolute atomic E-state index is 5.87. The van der Waals surface area contributed by atoms with Crippen LogP contribution >= 0.6 is 12.4 Å². The van der Waals surface area contributed by atoms with Gasteiger partial charge in [0.25, 0.3) is 0 Å². The lowest BCUT2D eigenvalue weighted by Gasteiger charge is -2.34. The quantitative estimate of drug-likeness (QED) is 0.824. The fraction of sp³-hybridized carbons (Fsp3) is 0.636. The van der Waals surface area contributed by atoms with Crippen molar-refractivity contribution < 1.29 is 4.42 Å². The van der Waals surface area contributed by atoms with E-state index in [2.05, 4.69) is 6.07 Å². The Morgan fingerprint density at radius 2 is 2.00 bits per heavy atom. The summed E-state index contributed by atoms with van der Waals surface area (Å²) < 4.78 is 5.49. The molecule has 14 heavy (non-hydrogen) atoms. The number of rotatable bonds is 2. The van der Waals surface area contributed by atoms with Crippen LogP contribution in [-0.4, -0.2) is 6.54 Å². The van der Waals surface area contributed by atoms with Crippen LogP contribution in [0, 0.1) is 0 Å². The molecule has 1 aromatic heterocycles. The molecule has 0 atom stereocenters. The largest absolute Gasteiger partial charge is 0.469 e. The van der Waals surface area contributed by atoms with Gasteiger partial charge in [0.2, 0.25) is 0 Å². The fourth-order valence-electron chi connectivity index (χ4n) is 2.36. The van der Waals surface area contributed by atoms with E-state index < -0.39 is 0 Å². The molecule has 80 valence electrons. The highest BCUT2D eigenvalue weighted by Crippen LogP contribution is 2.38. The van der Waals surface area contributed by atoms with Crippen molar-refractivity contribution in [1.82, 2.24) is 0 Å². The number of hydrogen-bond donors (Lipinski definition) is 1. The Morgan fingerprint density at radius 3 is 2.50 bits per heavy atom. The molecule has 1 fully saturated rings. The van der Waals surface area contributed by atoms with Crippen LogP contribution in [0.1, 0.15) is 37.9 Å². The predicted octanol–water partition coefficient (Wildman–Crippen LogP) is 2.86. The summed E-state index contributed by atoms with van der Waals surface area (Å²) in [6, 6.07) is 4.03. The van der Waals surface area contributed by atoms with Gasteiger partial charge in [0, 0.05) is 12.0 Å². The maximum atomic E-state index is 5.87. The summed E-state index contributed by atoms with van der Waals surface area (Å²) >= 11 is 0. The highest BCUT2D eigenvalue weighted by atomic mass is 35.5. The summed E-state index contributed by atoms with van der Waals surface area (Å²) in [5.41, 5.74) is 6.02. The molecule has 3 heteroatoms. The van der Waals surface area contributed by atoms with Crippen LogP contribution in [0.5, 0.6) is 0 Å². The zero-order chi connectivity index (χ0) is 9.15. The lowest BCUT2D eigenvalue weighted by molar-refractivity contribution is 0.252. The SMILES string of the molecule is Cl.NCC1(c2ccco2)CCCCC1. The third-order valence-electron chi connectivity index (χ3n) is 3.25. The monoisotopic (exact) mass is 215 g/mol. The molecule has 1 aromatic rings. The Bertz CT molecular complexity index is 252. The Balaban J connectivity index is 0.000000980. The summed E-state index contributed by atoms with van der Waals surface area (Å²) in [6.07, 6.45) is 8.06. The topological polar surface area (TPSA) is 39.2 Å². The van der Waals surface area contributed by atoms with Crippen LogP contribution in [0.3, 0.4) is 0 Å². The van der Waals surface area contributed by atoms with Crippen LogP contribution in [-0.2, 0) is 5.41 Å². The standard InChI is InChI=1S/C11H17NO.ClH/c12-9-11(6-2-1-3-7-11)10-5-4-8-13-10;/h4-5,8H,1-3,6-7,9,12H2;1H. The van der Waals surface area contributed by atoms with E-state index in [0.717, 1.165) is 12.3 Å². The molecule has 2 N–H and O–H groups in total.